The van der Waals surface area contributed by atoms with E-state index in [1.165, 1.54) is 17.0 Å². The van der Waals surface area contributed by atoms with Crippen molar-refractivity contribution in [2.45, 2.75) is 17.1 Å². The molecule has 7 heteroatoms. The van der Waals surface area contributed by atoms with Gasteiger partial charge in [0.2, 0.25) is 5.91 Å². The van der Waals surface area contributed by atoms with Crippen molar-refractivity contribution in [2.75, 3.05) is 19.6 Å². The van der Waals surface area contributed by atoms with Gasteiger partial charge in [-0.25, -0.2) is 0 Å². The molecule has 0 saturated carbocycles. The van der Waals surface area contributed by atoms with E-state index in [2.05, 4.69) is 5.32 Å². The number of carbonyl (C=O) groups is 2. The van der Waals surface area contributed by atoms with Gasteiger partial charge in [0.05, 0.1) is 5.56 Å². The molecular formula is C13H14F2N2O2S. The molecular weight excluding hydrogens is 286 g/mol. The van der Waals surface area contributed by atoms with E-state index in [0.717, 1.165) is 0 Å². The Morgan fingerprint density at radius 3 is 2.80 bits per heavy atom. The summed E-state index contributed by atoms with van der Waals surface area (Å²) in [5.41, 5.74) is 0.257. The largest absolute Gasteiger partial charge is 0.354 e. The highest BCUT2D eigenvalue weighted by atomic mass is 32.2. The Kier molecular flexibility index (Phi) is 4.94. The molecule has 0 bridgehead atoms. The molecule has 20 heavy (non-hydrogen) atoms. The van der Waals surface area contributed by atoms with Gasteiger partial charge >= 0.3 is 0 Å². The Balaban J connectivity index is 2.17. The molecule has 108 valence electrons. The van der Waals surface area contributed by atoms with Crippen molar-refractivity contribution in [3.63, 3.8) is 0 Å². The molecule has 1 aliphatic rings. The summed E-state index contributed by atoms with van der Waals surface area (Å²) in [5, 5.41) is 2.67. The average Bonchev–Trinajstić information content (AvgIpc) is 2.63. The maximum Gasteiger partial charge on any atom is 0.288 e. The third-order valence-corrected chi connectivity index (χ3v) is 3.72. The molecule has 2 rings (SSSR count). The number of halogens is 2. The third kappa shape index (κ3) is 3.69. The fourth-order valence-electron chi connectivity index (χ4n) is 1.98. The minimum Gasteiger partial charge on any atom is -0.354 e. The second-order valence-corrected chi connectivity index (χ2v) is 5.30. The smallest absolute Gasteiger partial charge is 0.288 e. The highest BCUT2D eigenvalue weighted by Gasteiger charge is 2.22. The second kappa shape index (κ2) is 6.69. The van der Waals surface area contributed by atoms with Crippen LogP contribution in [0.4, 0.5) is 8.78 Å². The van der Waals surface area contributed by atoms with Crippen LogP contribution < -0.4 is 5.32 Å². The van der Waals surface area contributed by atoms with Crippen molar-refractivity contribution >= 4 is 23.6 Å². The van der Waals surface area contributed by atoms with E-state index in [9.17, 15) is 18.4 Å². The van der Waals surface area contributed by atoms with Crippen LogP contribution in [0.5, 0.6) is 0 Å². The lowest BCUT2D eigenvalue weighted by atomic mass is 10.2. The van der Waals surface area contributed by atoms with E-state index in [-0.39, 0.29) is 28.7 Å². The molecule has 1 aromatic carbocycles. The van der Waals surface area contributed by atoms with Crippen LogP contribution in [0.2, 0.25) is 0 Å². The van der Waals surface area contributed by atoms with Gasteiger partial charge in [0.15, 0.2) is 0 Å². The van der Waals surface area contributed by atoms with Crippen LogP contribution in [0.1, 0.15) is 16.8 Å². The Morgan fingerprint density at radius 1 is 1.30 bits per heavy atom. The van der Waals surface area contributed by atoms with Crippen LogP contribution >= 0.6 is 11.8 Å². The monoisotopic (exact) mass is 300 g/mol. The van der Waals surface area contributed by atoms with E-state index in [4.69, 9.17) is 0 Å². The normalized spacial score (nSPS) is 15.9. The van der Waals surface area contributed by atoms with Gasteiger partial charge < -0.3 is 10.2 Å². The topological polar surface area (TPSA) is 49.4 Å². The van der Waals surface area contributed by atoms with Crippen LogP contribution in [0.15, 0.2) is 29.2 Å². The first-order valence-electron chi connectivity index (χ1n) is 6.18. The number of hydrogen-bond donors (Lipinski definition) is 1. The van der Waals surface area contributed by atoms with Crippen LogP contribution in [0.25, 0.3) is 0 Å². The van der Waals surface area contributed by atoms with Crippen LogP contribution in [0.3, 0.4) is 0 Å². The highest BCUT2D eigenvalue weighted by Crippen LogP contribution is 2.29. The highest BCUT2D eigenvalue weighted by molar-refractivity contribution is 7.99. The molecule has 1 aromatic rings. The van der Waals surface area contributed by atoms with Crippen molar-refractivity contribution in [2.24, 2.45) is 0 Å². The van der Waals surface area contributed by atoms with Crippen molar-refractivity contribution in [3.05, 3.63) is 29.8 Å². The van der Waals surface area contributed by atoms with E-state index in [1.54, 1.807) is 12.1 Å². The van der Waals surface area contributed by atoms with Crippen LogP contribution in [-0.4, -0.2) is 42.1 Å². The number of alkyl halides is 2. The molecule has 0 spiro atoms. The summed E-state index contributed by atoms with van der Waals surface area (Å²) >= 11 is 0.360. The van der Waals surface area contributed by atoms with Gasteiger partial charge in [0.1, 0.15) is 0 Å². The average molecular weight is 300 g/mol. The lowest BCUT2D eigenvalue weighted by Crippen LogP contribution is -2.34. The molecule has 1 saturated heterocycles. The molecule has 0 unspecified atom stereocenters. The molecule has 4 nitrogen and oxygen atoms in total. The molecule has 1 N–H and O–H groups in total. The number of thioether (sulfide) groups is 1. The number of benzene rings is 1. The molecule has 0 aromatic heterocycles. The summed E-state index contributed by atoms with van der Waals surface area (Å²) in [6.45, 7) is 1.07. The summed E-state index contributed by atoms with van der Waals surface area (Å²) < 4.78 is 25.0. The van der Waals surface area contributed by atoms with Crippen molar-refractivity contribution in [1.29, 1.82) is 0 Å². The van der Waals surface area contributed by atoms with E-state index in [1.807, 2.05) is 0 Å². The number of nitrogens with one attached hydrogen (secondary N) is 1. The molecule has 1 heterocycles. The predicted molar refractivity (Wildman–Crippen MR) is 71.8 cm³/mol. The van der Waals surface area contributed by atoms with Gasteiger partial charge in [0, 0.05) is 31.0 Å². The van der Waals surface area contributed by atoms with Gasteiger partial charge in [0.25, 0.3) is 11.7 Å². The zero-order chi connectivity index (χ0) is 14.5. The summed E-state index contributed by atoms with van der Waals surface area (Å²) in [5.74, 6) is -2.99. The van der Waals surface area contributed by atoms with Crippen LogP contribution in [0, 0.1) is 0 Å². The summed E-state index contributed by atoms with van der Waals surface area (Å²) in [6.07, 6.45) is 0.232. The molecule has 0 aliphatic carbocycles. The van der Waals surface area contributed by atoms with E-state index >= 15 is 0 Å². The molecule has 1 aliphatic heterocycles. The van der Waals surface area contributed by atoms with Gasteiger partial charge in [-0.05, 0) is 12.1 Å². The molecule has 1 fully saturated rings. The summed E-state index contributed by atoms with van der Waals surface area (Å²) in [4.78, 5) is 25.4. The number of hydrogen-bond acceptors (Lipinski definition) is 3. The SMILES string of the molecule is O=C1CCN(C(=O)c2ccccc2SC(F)F)CCN1. The minimum absolute atomic E-state index is 0.101. The minimum atomic E-state index is -2.57. The first-order valence-corrected chi connectivity index (χ1v) is 7.05. The van der Waals surface area contributed by atoms with Crippen molar-refractivity contribution in [1.82, 2.24) is 10.2 Å². The number of nitrogens with zero attached hydrogens (tertiary/aromatic N) is 1. The standard InChI is InChI=1S/C13H14F2N2O2S/c14-13(15)20-10-4-2-1-3-9(10)12(19)17-7-5-11(18)16-6-8-17/h1-4,13H,5-8H2,(H,16,18). The van der Waals surface area contributed by atoms with E-state index < -0.39 is 5.76 Å². The lowest BCUT2D eigenvalue weighted by molar-refractivity contribution is -0.120. The number of carbonyl (C=O) groups excluding carboxylic acids is 2. The fourth-order valence-corrected chi connectivity index (χ4v) is 2.61. The number of amides is 2. The quantitative estimate of drug-likeness (QED) is 0.868. The Hall–Kier alpha value is -1.63. The van der Waals surface area contributed by atoms with E-state index in [0.29, 0.717) is 31.4 Å². The zero-order valence-corrected chi connectivity index (χ0v) is 11.5. The van der Waals surface area contributed by atoms with Gasteiger partial charge in [-0.1, -0.05) is 23.9 Å². The predicted octanol–water partition coefficient (Wildman–Crippen LogP) is 1.96. The summed E-state index contributed by atoms with van der Waals surface area (Å²) in [6, 6.07) is 6.30. The third-order valence-electron chi connectivity index (χ3n) is 2.93. The van der Waals surface area contributed by atoms with Gasteiger partial charge in [-0.2, -0.15) is 8.78 Å². The fraction of sp³-hybridized carbons (Fsp3) is 0.385. The van der Waals surface area contributed by atoms with Gasteiger partial charge in [-0.15, -0.1) is 0 Å². The maximum absolute atomic E-state index is 12.5. The molecule has 2 amide bonds. The first-order chi connectivity index (χ1) is 9.58. The second-order valence-electron chi connectivity index (χ2n) is 4.27. The Labute approximate surface area is 119 Å². The zero-order valence-electron chi connectivity index (χ0n) is 10.6. The van der Waals surface area contributed by atoms with Crippen LogP contribution in [-0.2, 0) is 4.79 Å². The van der Waals surface area contributed by atoms with Crippen molar-refractivity contribution < 1.29 is 18.4 Å². The number of rotatable bonds is 3. The lowest BCUT2D eigenvalue weighted by Gasteiger charge is -2.20. The molecule has 0 radical (unpaired) electrons. The Morgan fingerprint density at radius 2 is 2.05 bits per heavy atom. The van der Waals surface area contributed by atoms with Gasteiger partial charge in [-0.3, -0.25) is 9.59 Å². The Bertz CT molecular complexity index is 511. The maximum atomic E-state index is 12.5. The molecule has 0 atom stereocenters. The van der Waals surface area contributed by atoms with Crippen molar-refractivity contribution in [3.8, 4) is 0 Å². The first kappa shape index (κ1) is 14.8. The summed E-state index contributed by atoms with van der Waals surface area (Å²) in [7, 11) is 0.